The molecule has 0 spiro atoms. The first-order valence-electron chi connectivity index (χ1n) is 5.24. The molecule has 0 bridgehead atoms. The Balaban J connectivity index is 2.37. The molecular weight excluding hydrogens is 180 g/mol. The molecule has 0 unspecified atom stereocenters. The third-order valence-corrected chi connectivity index (χ3v) is 2.91. The Kier molecular flexibility index (Phi) is 3.89. The van der Waals surface area contributed by atoms with Crippen molar-refractivity contribution in [3.8, 4) is 0 Å². The number of carbonyl (C=O) groups excluding carboxylic acids is 1. The molecule has 0 aromatic heterocycles. The molecule has 1 saturated carbocycles. The minimum atomic E-state index is -0.466. The summed E-state index contributed by atoms with van der Waals surface area (Å²) in [5, 5.41) is 12.5. The highest BCUT2D eigenvalue weighted by molar-refractivity contribution is 5.81. The Bertz CT molecular complexity index is 206. The largest absolute Gasteiger partial charge is 0.393 e. The number of carbonyl (C=O) groups is 1. The lowest BCUT2D eigenvalue weighted by Gasteiger charge is -2.31. The van der Waals surface area contributed by atoms with Gasteiger partial charge in [0, 0.05) is 6.04 Å². The van der Waals surface area contributed by atoms with Gasteiger partial charge in [0.05, 0.1) is 12.1 Å². The van der Waals surface area contributed by atoms with Crippen LogP contribution in [0.15, 0.2) is 0 Å². The van der Waals surface area contributed by atoms with Gasteiger partial charge in [0.25, 0.3) is 0 Å². The second kappa shape index (κ2) is 4.75. The van der Waals surface area contributed by atoms with Crippen molar-refractivity contribution in [2.24, 2.45) is 11.7 Å². The molecule has 0 saturated heterocycles. The fraction of sp³-hybridized carbons (Fsp3) is 0.900. The second-order valence-corrected chi connectivity index (χ2v) is 4.35. The zero-order chi connectivity index (χ0) is 10.7. The van der Waals surface area contributed by atoms with Crippen molar-refractivity contribution in [3.05, 3.63) is 0 Å². The molecule has 0 heterocycles. The van der Waals surface area contributed by atoms with Gasteiger partial charge in [-0.25, -0.2) is 0 Å². The van der Waals surface area contributed by atoms with Crippen LogP contribution in [0.3, 0.4) is 0 Å². The lowest BCUT2D eigenvalue weighted by atomic mass is 9.85. The van der Waals surface area contributed by atoms with E-state index >= 15 is 0 Å². The third-order valence-electron chi connectivity index (χ3n) is 2.91. The molecule has 4 nitrogen and oxygen atoms in total. The van der Waals surface area contributed by atoms with E-state index in [1.54, 1.807) is 6.92 Å². The van der Waals surface area contributed by atoms with Gasteiger partial charge in [0.2, 0.25) is 5.91 Å². The molecule has 4 N–H and O–H groups in total. The van der Waals surface area contributed by atoms with E-state index in [1.165, 1.54) is 0 Å². The Morgan fingerprint density at radius 3 is 2.71 bits per heavy atom. The zero-order valence-electron chi connectivity index (χ0n) is 8.86. The molecule has 4 atom stereocenters. The van der Waals surface area contributed by atoms with E-state index < -0.39 is 6.04 Å². The lowest BCUT2D eigenvalue weighted by Crippen LogP contribution is -2.47. The zero-order valence-corrected chi connectivity index (χ0v) is 8.86. The van der Waals surface area contributed by atoms with E-state index in [0.717, 1.165) is 12.8 Å². The Morgan fingerprint density at radius 2 is 2.21 bits per heavy atom. The van der Waals surface area contributed by atoms with Crippen molar-refractivity contribution in [1.82, 2.24) is 5.32 Å². The van der Waals surface area contributed by atoms with Crippen LogP contribution in [-0.2, 0) is 4.79 Å². The molecule has 1 aliphatic rings. The van der Waals surface area contributed by atoms with Crippen LogP contribution in [0.4, 0.5) is 0 Å². The van der Waals surface area contributed by atoms with E-state index in [-0.39, 0.29) is 18.1 Å². The summed E-state index contributed by atoms with van der Waals surface area (Å²) < 4.78 is 0. The molecule has 1 rings (SSSR count). The molecule has 4 heteroatoms. The quantitative estimate of drug-likeness (QED) is 0.587. The summed E-state index contributed by atoms with van der Waals surface area (Å²) in [5.41, 5.74) is 5.44. The second-order valence-electron chi connectivity index (χ2n) is 4.35. The van der Waals surface area contributed by atoms with E-state index in [4.69, 9.17) is 5.73 Å². The Hall–Kier alpha value is -0.610. The first-order valence-corrected chi connectivity index (χ1v) is 5.24. The summed E-state index contributed by atoms with van der Waals surface area (Å²) in [4.78, 5) is 11.3. The van der Waals surface area contributed by atoms with Crippen LogP contribution in [0.5, 0.6) is 0 Å². The molecule has 1 aliphatic carbocycles. The first-order chi connectivity index (χ1) is 6.50. The maximum Gasteiger partial charge on any atom is 0.236 e. The standard InChI is InChI=1S/C10H20N2O2/c1-6-3-4-8(5-9(6)13)12-10(14)7(2)11/h6-9,13H,3-5,11H2,1-2H3,(H,12,14)/t6-,7-,8-,9-/m0/s1. The fourth-order valence-electron chi connectivity index (χ4n) is 1.76. The normalized spacial score (nSPS) is 35.0. The van der Waals surface area contributed by atoms with Crippen LogP contribution in [-0.4, -0.2) is 29.2 Å². The van der Waals surface area contributed by atoms with Crippen molar-refractivity contribution in [3.63, 3.8) is 0 Å². The van der Waals surface area contributed by atoms with Gasteiger partial charge in [-0.2, -0.15) is 0 Å². The number of aliphatic hydroxyl groups is 1. The van der Waals surface area contributed by atoms with Gasteiger partial charge >= 0.3 is 0 Å². The highest BCUT2D eigenvalue weighted by Gasteiger charge is 2.27. The number of nitrogens with two attached hydrogens (primary N) is 1. The number of hydrogen-bond donors (Lipinski definition) is 3. The number of nitrogens with one attached hydrogen (secondary N) is 1. The van der Waals surface area contributed by atoms with Crippen LogP contribution in [0.2, 0.25) is 0 Å². The minimum absolute atomic E-state index is 0.0969. The third kappa shape index (κ3) is 2.96. The lowest BCUT2D eigenvalue weighted by molar-refractivity contribution is -0.123. The molecule has 0 aromatic carbocycles. The van der Waals surface area contributed by atoms with Crippen LogP contribution in [0.25, 0.3) is 0 Å². The molecule has 82 valence electrons. The fourth-order valence-corrected chi connectivity index (χ4v) is 1.76. The molecule has 1 amide bonds. The van der Waals surface area contributed by atoms with Crippen molar-refractivity contribution in [2.45, 2.75) is 51.3 Å². The molecular formula is C10H20N2O2. The summed E-state index contributed by atoms with van der Waals surface area (Å²) in [6.07, 6.45) is 2.27. The van der Waals surface area contributed by atoms with Crippen LogP contribution >= 0.6 is 0 Å². The highest BCUT2D eigenvalue weighted by atomic mass is 16.3. The summed E-state index contributed by atoms with van der Waals surface area (Å²) in [6.45, 7) is 3.70. The number of aliphatic hydroxyl groups excluding tert-OH is 1. The predicted molar refractivity (Wildman–Crippen MR) is 54.6 cm³/mol. The maximum absolute atomic E-state index is 11.3. The summed E-state index contributed by atoms with van der Waals surface area (Å²) in [5.74, 6) is 0.218. The molecule has 14 heavy (non-hydrogen) atoms. The van der Waals surface area contributed by atoms with Crippen molar-refractivity contribution in [1.29, 1.82) is 0 Å². The van der Waals surface area contributed by atoms with E-state index in [9.17, 15) is 9.90 Å². The SMILES string of the molecule is C[C@H](N)C(=O)N[C@H]1CC[C@H](C)[C@@H](O)C1. The molecule has 0 radical (unpaired) electrons. The summed E-state index contributed by atoms with van der Waals surface area (Å²) >= 11 is 0. The van der Waals surface area contributed by atoms with Gasteiger partial charge < -0.3 is 16.2 Å². The minimum Gasteiger partial charge on any atom is -0.393 e. The summed E-state index contributed by atoms with van der Waals surface area (Å²) in [6, 6.07) is -0.369. The van der Waals surface area contributed by atoms with E-state index in [2.05, 4.69) is 5.32 Å². The molecule has 0 aliphatic heterocycles. The average Bonchev–Trinajstić information content (AvgIpc) is 2.11. The molecule has 0 aromatic rings. The van der Waals surface area contributed by atoms with E-state index in [0.29, 0.717) is 12.3 Å². The predicted octanol–water partition coefficient (Wildman–Crippen LogP) is -0.000700. The van der Waals surface area contributed by atoms with Crippen molar-refractivity contribution < 1.29 is 9.90 Å². The monoisotopic (exact) mass is 200 g/mol. The highest BCUT2D eigenvalue weighted by Crippen LogP contribution is 2.24. The maximum atomic E-state index is 11.3. The topological polar surface area (TPSA) is 75.4 Å². The van der Waals surface area contributed by atoms with Gasteiger partial charge in [-0.15, -0.1) is 0 Å². The van der Waals surface area contributed by atoms with Crippen molar-refractivity contribution in [2.75, 3.05) is 0 Å². The smallest absolute Gasteiger partial charge is 0.236 e. The first kappa shape index (κ1) is 11.5. The van der Waals surface area contributed by atoms with Gasteiger partial charge in [0.15, 0.2) is 0 Å². The van der Waals surface area contributed by atoms with Crippen LogP contribution in [0.1, 0.15) is 33.1 Å². The molecule has 1 fully saturated rings. The van der Waals surface area contributed by atoms with E-state index in [1.807, 2.05) is 6.92 Å². The number of hydrogen-bond acceptors (Lipinski definition) is 3. The van der Waals surface area contributed by atoms with Gasteiger partial charge in [-0.3, -0.25) is 4.79 Å². The van der Waals surface area contributed by atoms with Crippen LogP contribution < -0.4 is 11.1 Å². The Morgan fingerprint density at radius 1 is 1.57 bits per heavy atom. The number of amides is 1. The van der Waals surface area contributed by atoms with Gasteiger partial charge in [-0.05, 0) is 32.1 Å². The van der Waals surface area contributed by atoms with Crippen molar-refractivity contribution >= 4 is 5.91 Å². The van der Waals surface area contributed by atoms with Gasteiger partial charge in [-0.1, -0.05) is 6.92 Å². The average molecular weight is 200 g/mol. The Labute approximate surface area is 84.9 Å². The van der Waals surface area contributed by atoms with Gasteiger partial charge in [0.1, 0.15) is 0 Å². The number of rotatable bonds is 2. The van der Waals surface area contributed by atoms with Crippen LogP contribution in [0, 0.1) is 5.92 Å². The summed E-state index contributed by atoms with van der Waals surface area (Å²) in [7, 11) is 0.